The van der Waals surface area contributed by atoms with Gasteiger partial charge in [-0.3, -0.25) is 0 Å². The zero-order valence-electron chi connectivity index (χ0n) is 3.81. The summed E-state index contributed by atoms with van der Waals surface area (Å²) in [7, 11) is 0. The van der Waals surface area contributed by atoms with Crippen LogP contribution in [0.3, 0.4) is 0 Å². The first-order valence-electron chi connectivity index (χ1n) is 1.85. The Morgan fingerprint density at radius 3 is 2.00 bits per heavy atom. The lowest BCUT2D eigenvalue weighted by Gasteiger charge is -1.92. The molecule has 0 radical (unpaired) electrons. The minimum atomic E-state index is -3.02. The fourth-order valence-electron chi connectivity index (χ4n) is 0.138. The smallest absolute Gasteiger partial charge is 0.235 e. The lowest BCUT2D eigenvalue weighted by Crippen LogP contribution is -2.15. The van der Waals surface area contributed by atoms with Crippen LogP contribution in [0.5, 0.6) is 0 Å². The summed E-state index contributed by atoms with van der Waals surface area (Å²) >= 11 is -0.167. The van der Waals surface area contributed by atoms with Crippen molar-refractivity contribution < 1.29 is 17.4 Å². The molecule has 0 amide bonds. The maximum atomic E-state index is 11.6. The third-order valence-corrected chi connectivity index (χ3v) is 0.955. The zero-order chi connectivity index (χ0) is 6.57. The summed E-state index contributed by atoms with van der Waals surface area (Å²) in [5, 5.41) is 0. The van der Waals surface area contributed by atoms with Crippen LogP contribution in [-0.2, 0) is 15.9 Å². The summed E-state index contributed by atoms with van der Waals surface area (Å²) in [6, 6.07) is 0. The Hall–Kier alpha value is -0.190. The highest BCUT2D eigenvalue weighted by Gasteiger charge is 2.24. The Labute approximate surface area is 48.4 Å². The molecule has 0 rings (SSSR count). The number of halogens is 3. The van der Waals surface area contributed by atoms with E-state index in [0.29, 0.717) is 0 Å². The van der Waals surface area contributed by atoms with Gasteiger partial charge in [-0.1, -0.05) is 0 Å². The van der Waals surface area contributed by atoms with Crippen LogP contribution < -0.4 is 0 Å². The van der Waals surface area contributed by atoms with Crippen LogP contribution in [0.1, 0.15) is 0 Å². The van der Waals surface area contributed by atoms with Crippen LogP contribution >= 0.6 is 0 Å². The number of alkyl halides is 3. The predicted octanol–water partition coefficient (Wildman–Crippen LogP) is 1.02. The van der Waals surface area contributed by atoms with Gasteiger partial charge in [-0.25, -0.2) is 13.2 Å². The lowest BCUT2D eigenvalue weighted by atomic mass is 10.5. The summed E-state index contributed by atoms with van der Waals surface area (Å²) < 4.78 is 43.1. The average molecular weight is 145 g/mol. The lowest BCUT2D eigenvalue weighted by molar-refractivity contribution is 0.0625. The Bertz CT molecular complexity index is 76.9. The molecule has 0 aliphatic carbocycles. The number of rotatable bonds is 3. The molecular formula is C3H4F3OS+. The van der Waals surface area contributed by atoms with Crippen molar-refractivity contribution in [2.75, 3.05) is 5.75 Å². The second-order valence-corrected chi connectivity index (χ2v) is 1.70. The van der Waals surface area contributed by atoms with Crippen molar-refractivity contribution in [1.82, 2.24) is 0 Å². The highest BCUT2D eigenvalue weighted by molar-refractivity contribution is 7.65. The first-order chi connectivity index (χ1) is 3.68. The third kappa shape index (κ3) is 2.90. The fraction of sp³-hybridized carbons (Fsp3) is 1.00. The normalized spacial score (nSPS) is 14.0. The number of hydrogen-bond donors (Lipinski definition) is 0. The van der Waals surface area contributed by atoms with E-state index in [2.05, 4.69) is 0 Å². The summed E-state index contributed by atoms with van der Waals surface area (Å²) in [5.41, 5.74) is 0. The van der Waals surface area contributed by atoms with Gasteiger partial charge in [0.1, 0.15) is 0 Å². The van der Waals surface area contributed by atoms with Crippen molar-refractivity contribution in [1.29, 1.82) is 0 Å². The quantitative estimate of drug-likeness (QED) is 0.542. The molecule has 5 heteroatoms. The second-order valence-electron chi connectivity index (χ2n) is 1.13. The predicted molar refractivity (Wildman–Crippen MR) is 23.8 cm³/mol. The van der Waals surface area contributed by atoms with Gasteiger partial charge in [-0.2, -0.15) is 0 Å². The van der Waals surface area contributed by atoms with E-state index in [1.165, 1.54) is 0 Å². The van der Waals surface area contributed by atoms with Crippen LogP contribution in [0.2, 0.25) is 0 Å². The van der Waals surface area contributed by atoms with E-state index < -0.39 is 18.3 Å². The molecule has 0 heterocycles. The molecule has 48 valence electrons. The molecule has 0 aliphatic heterocycles. The largest absolute Gasteiger partial charge is 0.462 e. The molecular weight excluding hydrogens is 141 g/mol. The molecule has 0 aliphatic rings. The van der Waals surface area contributed by atoms with Crippen molar-refractivity contribution in [2.45, 2.75) is 12.6 Å². The van der Waals surface area contributed by atoms with E-state index in [0.717, 1.165) is 0 Å². The monoisotopic (exact) mass is 145 g/mol. The highest BCUT2D eigenvalue weighted by Crippen LogP contribution is 2.03. The zero-order valence-corrected chi connectivity index (χ0v) is 4.63. The molecule has 1 nitrogen and oxygen atoms in total. The van der Waals surface area contributed by atoms with Crippen LogP contribution in [0.4, 0.5) is 13.2 Å². The van der Waals surface area contributed by atoms with E-state index in [1.54, 1.807) is 0 Å². The summed E-state index contributed by atoms with van der Waals surface area (Å²) in [6.45, 7) is 0. The van der Waals surface area contributed by atoms with Crippen molar-refractivity contribution in [3.8, 4) is 0 Å². The van der Waals surface area contributed by atoms with Crippen LogP contribution in [-0.4, -0.2) is 18.3 Å². The Kier molecular flexibility index (Phi) is 3.68. The summed E-state index contributed by atoms with van der Waals surface area (Å²) in [6.07, 6.45) is -5.28. The molecule has 1 atom stereocenters. The van der Waals surface area contributed by atoms with Crippen LogP contribution in [0, 0.1) is 0 Å². The van der Waals surface area contributed by atoms with E-state index in [9.17, 15) is 17.4 Å². The minimum Gasteiger partial charge on any atom is -0.235 e. The summed E-state index contributed by atoms with van der Waals surface area (Å²) in [5.74, 6) is -0.669. The van der Waals surface area contributed by atoms with Gasteiger partial charge < -0.3 is 0 Å². The second kappa shape index (κ2) is 3.77. The highest BCUT2D eigenvalue weighted by atomic mass is 32.1. The SMILES string of the molecule is O=[S+]CC(F)C(F)F. The van der Waals surface area contributed by atoms with Gasteiger partial charge in [0.2, 0.25) is 6.17 Å². The molecule has 0 fully saturated rings. The van der Waals surface area contributed by atoms with Crippen molar-refractivity contribution >= 4 is 11.7 Å². The average Bonchev–Trinajstić information content (AvgIpc) is 1.67. The Balaban J connectivity index is 3.30. The molecule has 8 heavy (non-hydrogen) atoms. The molecule has 0 aromatic heterocycles. The molecule has 0 spiro atoms. The van der Waals surface area contributed by atoms with Gasteiger partial charge in [0.25, 0.3) is 12.2 Å². The van der Waals surface area contributed by atoms with E-state index in [4.69, 9.17) is 0 Å². The molecule has 0 saturated carbocycles. The first kappa shape index (κ1) is 7.81. The van der Waals surface area contributed by atoms with Gasteiger partial charge in [-0.05, 0) is 0 Å². The van der Waals surface area contributed by atoms with Crippen molar-refractivity contribution in [3.63, 3.8) is 0 Å². The van der Waals surface area contributed by atoms with Crippen LogP contribution in [0.15, 0.2) is 0 Å². The maximum Gasteiger partial charge on any atom is 0.462 e. The Morgan fingerprint density at radius 2 is 1.88 bits per heavy atom. The van der Waals surface area contributed by atoms with E-state index >= 15 is 0 Å². The van der Waals surface area contributed by atoms with Crippen LogP contribution in [0.25, 0.3) is 0 Å². The molecule has 0 bridgehead atoms. The van der Waals surface area contributed by atoms with Gasteiger partial charge >= 0.3 is 11.7 Å². The fourth-order valence-corrected chi connectivity index (χ4v) is 0.413. The van der Waals surface area contributed by atoms with E-state index in [-0.39, 0.29) is 11.7 Å². The van der Waals surface area contributed by atoms with Gasteiger partial charge in [0.15, 0.2) is 0 Å². The van der Waals surface area contributed by atoms with Crippen molar-refractivity contribution in [3.05, 3.63) is 0 Å². The van der Waals surface area contributed by atoms with Crippen molar-refractivity contribution in [2.24, 2.45) is 0 Å². The Morgan fingerprint density at radius 1 is 1.38 bits per heavy atom. The molecule has 0 aromatic rings. The maximum absolute atomic E-state index is 11.6. The molecule has 1 unspecified atom stereocenters. The minimum absolute atomic E-state index is 0.167. The first-order valence-corrected chi connectivity index (χ1v) is 2.76. The van der Waals surface area contributed by atoms with Gasteiger partial charge in [0, 0.05) is 4.21 Å². The van der Waals surface area contributed by atoms with Gasteiger partial charge in [0.05, 0.1) is 0 Å². The standard InChI is InChI=1S/C3H4F3OS/c4-2(1-8-7)3(5)6/h2-3H,1H2/q+1. The molecule has 0 saturated heterocycles. The molecule has 0 N–H and O–H groups in total. The molecule has 0 aromatic carbocycles. The van der Waals surface area contributed by atoms with E-state index in [1.807, 2.05) is 0 Å². The number of hydrogen-bond acceptors (Lipinski definition) is 1. The third-order valence-electron chi connectivity index (χ3n) is 0.501. The summed E-state index contributed by atoms with van der Waals surface area (Å²) in [4.78, 5) is 0. The topological polar surface area (TPSA) is 17.1 Å². The van der Waals surface area contributed by atoms with Gasteiger partial charge in [-0.15, -0.1) is 0 Å².